The molecule has 7 heteroatoms. The number of nitro benzene ring substituents is 1. The highest BCUT2D eigenvalue weighted by Crippen LogP contribution is 2.37. The van der Waals surface area contributed by atoms with Gasteiger partial charge in [0.25, 0.3) is 5.69 Å². The zero-order valence-electron chi connectivity index (χ0n) is 11.9. The van der Waals surface area contributed by atoms with E-state index in [1.807, 2.05) is 0 Å². The van der Waals surface area contributed by atoms with Crippen LogP contribution in [-0.4, -0.2) is 31.5 Å². The van der Waals surface area contributed by atoms with Gasteiger partial charge < -0.3 is 14.8 Å². The van der Waals surface area contributed by atoms with Crippen LogP contribution in [0.4, 0.5) is 5.69 Å². The van der Waals surface area contributed by atoms with Gasteiger partial charge in [-0.15, -0.1) is 0 Å². The van der Waals surface area contributed by atoms with E-state index in [0.29, 0.717) is 11.3 Å². The first kappa shape index (κ1) is 15.9. The van der Waals surface area contributed by atoms with Gasteiger partial charge in [-0.25, -0.2) is 0 Å². The van der Waals surface area contributed by atoms with Crippen molar-refractivity contribution in [3.63, 3.8) is 0 Å². The Morgan fingerprint density at radius 3 is 2.55 bits per heavy atom. The number of benzene rings is 1. The second-order valence-electron chi connectivity index (χ2n) is 4.32. The van der Waals surface area contributed by atoms with Gasteiger partial charge in [0.05, 0.1) is 23.7 Å². The maximum Gasteiger partial charge on any atom is 0.278 e. The quantitative estimate of drug-likeness (QED) is 0.606. The van der Waals surface area contributed by atoms with Crippen molar-refractivity contribution >= 4 is 11.5 Å². The van der Waals surface area contributed by atoms with E-state index in [2.05, 4.69) is 5.32 Å². The predicted molar refractivity (Wildman–Crippen MR) is 73.3 cm³/mol. The third-order valence-electron chi connectivity index (χ3n) is 2.84. The molecule has 0 amide bonds. The summed E-state index contributed by atoms with van der Waals surface area (Å²) >= 11 is 0. The van der Waals surface area contributed by atoms with Crippen molar-refractivity contribution in [1.29, 1.82) is 0 Å². The highest BCUT2D eigenvalue weighted by atomic mass is 16.6. The monoisotopic (exact) mass is 282 g/mol. The summed E-state index contributed by atoms with van der Waals surface area (Å²) in [6, 6.07) is 2.62. The van der Waals surface area contributed by atoms with Crippen LogP contribution in [0.15, 0.2) is 12.1 Å². The van der Waals surface area contributed by atoms with Gasteiger partial charge in [0.15, 0.2) is 17.3 Å². The van der Waals surface area contributed by atoms with Gasteiger partial charge in [0.1, 0.15) is 6.61 Å². The molecule has 1 atom stereocenters. The van der Waals surface area contributed by atoms with Crippen molar-refractivity contribution in [3.05, 3.63) is 27.8 Å². The van der Waals surface area contributed by atoms with Crippen molar-refractivity contribution in [1.82, 2.24) is 5.32 Å². The lowest BCUT2D eigenvalue weighted by Gasteiger charge is -2.15. The van der Waals surface area contributed by atoms with Gasteiger partial charge in [-0.2, -0.15) is 0 Å². The highest BCUT2D eigenvalue weighted by molar-refractivity contribution is 5.77. The summed E-state index contributed by atoms with van der Waals surface area (Å²) in [5, 5.41) is 14.1. The molecule has 1 rings (SSSR count). The Balaban J connectivity index is 3.29. The van der Waals surface area contributed by atoms with E-state index in [-0.39, 0.29) is 29.9 Å². The predicted octanol–water partition coefficient (Wildman–Crippen LogP) is 1.85. The topological polar surface area (TPSA) is 90.7 Å². The fourth-order valence-corrected chi connectivity index (χ4v) is 1.68. The molecule has 0 fully saturated rings. The van der Waals surface area contributed by atoms with Gasteiger partial charge >= 0.3 is 0 Å². The van der Waals surface area contributed by atoms with Crippen LogP contribution in [0, 0.1) is 10.1 Å². The molecule has 0 aromatic heterocycles. The minimum atomic E-state index is -0.483. The number of nitrogens with one attached hydrogen (secondary N) is 1. The SMILES string of the molecule is CNC(C)c1cc(OC)c(OCC(C)=O)cc1[N+](=O)[O-]. The lowest BCUT2D eigenvalue weighted by Crippen LogP contribution is -2.15. The number of ether oxygens (including phenoxy) is 2. The van der Waals surface area contributed by atoms with Crippen LogP contribution in [0.5, 0.6) is 11.5 Å². The first-order valence-corrected chi connectivity index (χ1v) is 6.06. The third-order valence-corrected chi connectivity index (χ3v) is 2.84. The fraction of sp³-hybridized carbons (Fsp3) is 0.462. The van der Waals surface area contributed by atoms with Gasteiger partial charge in [0.2, 0.25) is 0 Å². The average molecular weight is 282 g/mol. The second kappa shape index (κ2) is 6.85. The van der Waals surface area contributed by atoms with Crippen LogP contribution in [0.25, 0.3) is 0 Å². The summed E-state index contributed by atoms with van der Waals surface area (Å²) < 4.78 is 10.4. The summed E-state index contributed by atoms with van der Waals surface area (Å²) in [6.07, 6.45) is 0. The van der Waals surface area contributed by atoms with Crippen molar-refractivity contribution in [3.8, 4) is 11.5 Å². The summed E-state index contributed by atoms with van der Waals surface area (Å²) in [5.41, 5.74) is 0.413. The molecule has 1 unspecified atom stereocenters. The molecular formula is C13H18N2O5. The molecule has 0 spiro atoms. The van der Waals surface area contributed by atoms with Crippen LogP contribution >= 0.6 is 0 Å². The maximum atomic E-state index is 11.1. The molecule has 0 saturated carbocycles. The minimum Gasteiger partial charge on any atom is -0.493 e. The van der Waals surface area contributed by atoms with Crippen LogP contribution in [0.2, 0.25) is 0 Å². The Morgan fingerprint density at radius 2 is 2.10 bits per heavy atom. The molecule has 0 saturated heterocycles. The zero-order valence-corrected chi connectivity index (χ0v) is 11.9. The number of Topliss-reactive ketones (excluding diaryl/α,β-unsaturated/α-hetero) is 1. The van der Waals surface area contributed by atoms with E-state index in [9.17, 15) is 14.9 Å². The van der Waals surface area contributed by atoms with Gasteiger partial charge in [0, 0.05) is 6.04 Å². The standard InChI is InChI=1S/C13H18N2O5/c1-8(16)7-20-13-6-11(15(17)18)10(9(2)14-3)5-12(13)19-4/h5-6,9,14H,7H2,1-4H3. The smallest absolute Gasteiger partial charge is 0.278 e. The van der Waals surface area contributed by atoms with E-state index in [1.54, 1.807) is 20.0 Å². The van der Waals surface area contributed by atoms with Gasteiger partial charge in [-0.05, 0) is 27.0 Å². The molecule has 0 radical (unpaired) electrons. The summed E-state index contributed by atoms with van der Waals surface area (Å²) in [6.45, 7) is 3.02. The van der Waals surface area contributed by atoms with Crippen molar-refractivity contribution in [2.75, 3.05) is 20.8 Å². The van der Waals surface area contributed by atoms with Gasteiger partial charge in [-0.1, -0.05) is 0 Å². The number of nitro groups is 1. The molecule has 0 bridgehead atoms. The Bertz CT molecular complexity index is 516. The number of nitrogens with zero attached hydrogens (tertiary/aromatic N) is 1. The van der Waals surface area contributed by atoms with Crippen molar-refractivity contribution < 1.29 is 19.2 Å². The van der Waals surface area contributed by atoms with E-state index in [0.717, 1.165) is 0 Å². The van der Waals surface area contributed by atoms with E-state index in [1.165, 1.54) is 20.1 Å². The molecular weight excluding hydrogens is 264 g/mol. The largest absolute Gasteiger partial charge is 0.493 e. The number of rotatable bonds is 7. The lowest BCUT2D eigenvalue weighted by molar-refractivity contribution is -0.385. The molecule has 1 N–H and O–H groups in total. The Hall–Kier alpha value is -2.15. The Kier molecular flexibility index (Phi) is 5.45. The van der Waals surface area contributed by atoms with E-state index < -0.39 is 4.92 Å². The maximum absolute atomic E-state index is 11.1. The Morgan fingerprint density at radius 1 is 1.45 bits per heavy atom. The third kappa shape index (κ3) is 3.67. The molecule has 7 nitrogen and oxygen atoms in total. The number of hydrogen-bond donors (Lipinski definition) is 1. The molecule has 0 aliphatic heterocycles. The van der Waals surface area contributed by atoms with Crippen LogP contribution in [0.1, 0.15) is 25.5 Å². The number of methoxy groups -OCH3 is 1. The molecule has 1 aromatic rings. The molecule has 0 heterocycles. The minimum absolute atomic E-state index is 0.0776. The summed E-state index contributed by atoms with van der Waals surface area (Å²) in [4.78, 5) is 21.6. The first-order chi connectivity index (χ1) is 9.40. The number of carbonyl (C=O) groups is 1. The summed E-state index contributed by atoms with van der Waals surface area (Å²) in [7, 11) is 3.15. The average Bonchev–Trinajstić information content (AvgIpc) is 2.42. The molecule has 20 heavy (non-hydrogen) atoms. The van der Waals surface area contributed by atoms with Crippen LogP contribution in [0.3, 0.4) is 0 Å². The van der Waals surface area contributed by atoms with E-state index in [4.69, 9.17) is 9.47 Å². The lowest BCUT2D eigenvalue weighted by atomic mass is 10.1. The second-order valence-corrected chi connectivity index (χ2v) is 4.32. The van der Waals surface area contributed by atoms with Crippen molar-refractivity contribution in [2.24, 2.45) is 0 Å². The Labute approximate surface area is 117 Å². The highest BCUT2D eigenvalue weighted by Gasteiger charge is 2.23. The molecule has 110 valence electrons. The van der Waals surface area contributed by atoms with E-state index >= 15 is 0 Å². The zero-order chi connectivity index (χ0) is 15.3. The molecule has 0 aliphatic rings. The normalized spacial score (nSPS) is 11.8. The number of hydrogen-bond acceptors (Lipinski definition) is 6. The molecule has 1 aromatic carbocycles. The molecule has 0 aliphatic carbocycles. The number of carbonyl (C=O) groups excluding carboxylic acids is 1. The van der Waals surface area contributed by atoms with Crippen LogP contribution in [-0.2, 0) is 4.79 Å². The first-order valence-electron chi connectivity index (χ1n) is 6.06. The summed E-state index contributed by atoms with van der Waals surface area (Å²) in [5.74, 6) is 0.359. The van der Waals surface area contributed by atoms with Crippen LogP contribution < -0.4 is 14.8 Å². The number of ketones is 1. The van der Waals surface area contributed by atoms with Crippen molar-refractivity contribution in [2.45, 2.75) is 19.9 Å². The van der Waals surface area contributed by atoms with Gasteiger partial charge in [-0.3, -0.25) is 14.9 Å². The fourth-order valence-electron chi connectivity index (χ4n) is 1.68.